The number of nitrogens with zero attached hydrogens (tertiary/aromatic N) is 2. The highest BCUT2D eigenvalue weighted by molar-refractivity contribution is 9.10. The third-order valence-corrected chi connectivity index (χ3v) is 5.41. The second-order valence-corrected chi connectivity index (χ2v) is 8.02. The molecule has 1 aromatic heterocycles. The van der Waals surface area contributed by atoms with Crippen LogP contribution in [-0.4, -0.2) is 35.6 Å². The van der Waals surface area contributed by atoms with Crippen LogP contribution in [0.3, 0.4) is 0 Å². The number of fused-ring (bicyclic) bond motifs is 1. The van der Waals surface area contributed by atoms with E-state index in [0.717, 1.165) is 10.2 Å². The molecule has 0 spiro atoms. The number of halogens is 1. The number of aromatic nitrogens is 2. The Hall–Kier alpha value is -1.83. The van der Waals surface area contributed by atoms with Gasteiger partial charge in [-0.15, -0.1) is 0 Å². The maximum atomic E-state index is 13.0. The van der Waals surface area contributed by atoms with Gasteiger partial charge in [0.15, 0.2) is 5.16 Å². The maximum absolute atomic E-state index is 13.0. The Morgan fingerprint density at radius 3 is 2.81 bits per heavy atom. The van der Waals surface area contributed by atoms with Gasteiger partial charge in [-0.3, -0.25) is 9.36 Å². The predicted molar refractivity (Wildman–Crippen MR) is 113 cm³/mol. The zero-order valence-corrected chi connectivity index (χ0v) is 17.6. The molecule has 2 aromatic carbocycles. The SMILES string of the molecule is COCC(C)n1c(SCCOc2cccc(Br)c2)nc2ccccc2c1=O. The number of methoxy groups -OCH3 is 1. The van der Waals surface area contributed by atoms with Crippen molar-refractivity contribution in [1.82, 2.24) is 9.55 Å². The molecule has 0 amide bonds. The standard InChI is InChI=1S/C20H21BrN2O3S/c1-14(13-25-2)23-19(24)17-8-3-4-9-18(17)22-20(23)27-11-10-26-16-7-5-6-15(21)12-16/h3-9,12,14H,10-11,13H2,1-2H3. The molecule has 0 radical (unpaired) electrons. The molecular weight excluding hydrogens is 428 g/mol. The Morgan fingerprint density at radius 1 is 1.22 bits per heavy atom. The largest absolute Gasteiger partial charge is 0.493 e. The van der Waals surface area contributed by atoms with Gasteiger partial charge in [-0.05, 0) is 37.3 Å². The minimum Gasteiger partial charge on any atom is -0.493 e. The van der Waals surface area contributed by atoms with Gasteiger partial charge in [-0.2, -0.15) is 0 Å². The van der Waals surface area contributed by atoms with E-state index in [1.807, 2.05) is 55.5 Å². The summed E-state index contributed by atoms with van der Waals surface area (Å²) in [5, 5.41) is 1.30. The average Bonchev–Trinajstić information content (AvgIpc) is 2.65. The fourth-order valence-corrected chi connectivity index (χ4v) is 4.07. The van der Waals surface area contributed by atoms with Crippen molar-refractivity contribution in [3.8, 4) is 5.75 Å². The van der Waals surface area contributed by atoms with Crippen molar-refractivity contribution >= 4 is 38.6 Å². The summed E-state index contributed by atoms with van der Waals surface area (Å²) in [5.74, 6) is 1.48. The summed E-state index contributed by atoms with van der Waals surface area (Å²) < 4.78 is 13.7. The van der Waals surface area contributed by atoms with Crippen LogP contribution in [0.15, 0.2) is 63.0 Å². The lowest BCUT2D eigenvalue weighted by molar-refractivity contribution is 0.156. The highest BCUT2D eigenvalue weighted by Gasteiger charge is 2.16. The molecule has 0 aliphatic carbocycles. The number of benzene rings is 2. The van der Waals surface area contributed by atoms with Crippen molar-refractivity contribution in [2.75, 3.05) is 26.1 Å². The molecule has 0 saturated heterocycles. The number of rotatable bonds is 8. The summed E-state index contributed by atoms with van der Waals surface area (Å²) in [6.45, 7) is 2.92. The molecule has 1 heterocycles. The van der Waals surface area contributed by atoms with Gasteiger partial charge < -0.3 is 9.47 Å². The zero-order chi connectivity index (χ0) is 19.2. The van der Waals surface area contributed by atoms with Crippen LogP contribution in [-0.2, 0) is 4.74 Å². The minimum absolute atomic E-state index is 0.0411. The van der Waals surface area contributed by atoms with Crippen molar-refractivity contribution in [1.29, 1.82) is 0 Å². The molecule has 5 nitrogen and oxygen atoms in total. The van der Waals surface area contributed by atoms with Crippen LogP contribution in [0, 0.1) is 0 Å². The van der Waals surface area contributed by atoms with Crippen molar-refractivity contribution in [3.05, 3.63) is 63.4 Å². The first-order valence-electron chi connectivity index (χ1n) is 8.61. The van der Waals surface area contributed by atoms with Crippen LogP contribution in [0.25, 0.3) is 10.9 Å². The summed E-state index contributed by atoms with van der Waals surface area (Å²) in [6, 6.07) is 15.1. The normalized spacial score (nSPS) is 12.3. The second-order valence-electron chi connectivity index (χ2n) is 6.05. The first-order chi connectivity index (χ1) is 13.1. The molecule has 7 heteroatoms. The minimum atomic E-state index is -0.104. The summed E-state index contributed by atoms with van der Waals surface area (Å²) in [7, 11) is 1.63. The molecule has 0 N–H and O–H groups in total. The van der Waals surface area contributed by atoms with E-state index in [4.69, 9.17) is 14.5 Å². The highest BCUT2D eigenvalue weighted by Crippen LogP contribution is 2.22. The van der Waals surface area contributed by atoms with Crippen molar-refractivity contribution in [2.45, 2.75) is 18.1 Å². The monoisotopic (exact) mass is 448 g/mol. The molecule has 0 bridgehead atoms. The first-order valence-corrected chi connectivity index (χ1v) is 10.4. The van der Waals surface area contributed by atoms with Crippen LogP contribution in [0.1, 0.15) is 13.0 Å². The van der Waals surface area contributed by atoms with E-state index in [1.165, 1.54) is 11.8 Å². The van der Waals surface area contributed by atoms with Crippen LogP contribution in [0.4, 0.5) is 0 Å². The summed E-state index contributed by atoms with van der Waals surface area (Å²) in [4.78, 5) is 17.7. The number of thioether (sulfide) groups is 1. The Labute approximate surface area is 170 Å². The van der Waals surface area contributed by atoms with E-state index in [9.17, 15) is 4.79 Å². The van der Waals surface area contributed by atoms with Gasteiger partial charge in [0.1, 0.15) is 5.75 Å². The third kappa shape index (κ3) is 4.91. The Kier molecular flexibility index (Phi) is 6.93. The van der Waals surface area contributed by atoms with Crippen molar-refractivity contribution in [2.24, 2.45) is 0 Å². The van der Waals surface area contributed by atoms with Crippen LogP contribution in [0.2, 0.25) is 0 Å². The van der Waals surface area contributed by atoms with Gasteiger partial charge in [0.05, 0.1) is 30.2 Å². The second kappa shape index (κ2) is 9.39. The lowest BCUT2D eigenvalue weighted by Crippen LogP contribution is -2.28. The summed E-state index contributed by atoms with van der Waals surface area (Å²) >= 11 is 4.95. The van der Waals surface area contributed by atoms with Crippen molar-refractivity contribution in [3.63, 3.8) is 0 Å². The molecule has 3 rings (SSSR count). The molecule has 3 aromatic rings. The summed E-state index contributed by atoms with van der Waals surface area (Å²) in [5.41, 5.74) is 0.666. The van der Waals surface area contributed by atoms with Crippen molar-refractivity contribution < 1.29 is 9.47 Å². The maximum Gasteiger partial charge on any atom is 0.262 e. The van der Waals surface area contributed by atoms with Gasteiger partial charge in [0, 0.05) is 17.3 Å². The Bertz CT molecular complexity index is 977. The lowest BCUT2D eigenvalue weighted by atomic mass is 10.2. The smallest absolute Gasteiger partial charge is 0.262 e. The Balaban J connectivity index is 1.79. The third-order valence-electron chi connectivity index (χ3n) is 4.00. The molecule has 27 heavy (non-hydrogen) atoms. The number of para-hydroxylation sites is 1. The number of hydrogen-bond acceptors (Lipinski definition) is 5. The van der Waals surface area contributed by atoms with Gasteiger partial charge in [0.2, 0.25) is 0 Å². The van der Waals surface area contributed by atoms with E-state index in [1.54, 1.807) is 11.7 Å². The van der Waals surface area contributed by atoms with E-state index in [-0.39, 0.29) is 11.6 Å². The van der Waals surface area contributed by atoms with Gasteiger partial charge >= 0.3 is 0 Å². The van der Waals surface area contributed by atoms with E-state index in [0.29, 0.717) is 35.0 Å². The summed E-state index contributed by atoms with van der Waals surface area (Å²) in [6.07, 6.45) is 0. The number of ether oxygens (including phenoxy) is 2. The zero-order valence-electron chi connectivity index (χ0n) is 15.2. The molecule has 0 saturated carbocycles. The lowest BCUT2D eigenvalue weighted by Gasteiger charge is -2.19. The van der Waals surface area contributed by atoms with E-state index in [2.05, 4.69) is 15.9 Å². The topological polar surface area (TPSA) is 53.4 Å². The highest BCUT2D eigenvalue weighted by atomic mass is 79.9. The quantitative estimate of drug-likeness (QED) is 0.287. The average molecular weight is 449 g/mol. The van der Waals surface area contributed by atoms with Crippen LogP contribution < -0.4 is 10.3 Å². The molecule has 142 valence electrons. The fourth-order valence-electron chi connectivity index (χ4n) is 2.78. The van der Waals surface area contributed by atoms with Crippen LogP contribution in [0.5, 0.6) is 5.75 Å². The predicted octanol–water partition coefficient (Wildman–Crippen LogP) is 4.54. The molecular formula is C20H21BrN2O3S. The molecule has 1 unspecified atom stereocenters. The van der Waals surface area contributed by atoms with Crippen LogP contribution >= 0.6 is 27.7 Å². The van der Waals surface area contributed by atoms with Gasteiger partial charge in [-0.1, -0.05) is 45.9 Å². The van der Waals surface area contributed by atoms with Gasteiger partial charge in [0.25, 0.3) is 5.56 Å². The first kappa shape index (κ1) is 19.9. The molecule has 1 atom stereocenters. The van der Waals surface area contributed by atoms with E-state index >= 15 is 0 Å². The van der Waals surface area contributed by atoms with Gasteiger partial charge in [-0.25, -0.2) is 4.98 Å². The Morgan fingerprint density at radius 2 is 2.04 bits per heavy atom. The molecule has 0 fully saturated rings. The fraction of sp³-hybridized carbons (Fsp3) is 0.300. The van der Waals surface area contributed by atoms with E-state index < -0.39 is 0 Å². The number of hydrogen-bond donors (Lipinski definition) is 0. The molecule has 0 aliphatic heterocycles. The molecule has 0 aliphatic rings.